The van der Waals surface area contributed by atoms with E-state index in [0.717, 1.165) is 41.0 Å². The van der Waals surface area contributed by atoms with E-state index in [-0.39, 0.29) is 5.41 Å². The van der Waals surface area contributed by atoms with Gasteiger partial charge in [0.2, 0.25) is 5.89 Å². The molecule has 5 aromatic rings. The van der Waals surface area contributed by atoms with Gasteiger partial charge in [-0.2, -0.15) is 5.10 Å². The van der Waals surface area contributed by atoms with E-state index < -0.39 is 0 Å². The first-order chi connectivity index (χ1) is 17.9. The molecule has 0 aliphatic heterocycles. The van der Waals surface area contributed by atoms with Crippen molar-refractivity contribution in [3.8, 4) is 34.3 Å². The molecular formula is C28H21Cl3N4O2. The van der Waals surface area contributed by atoms with Crippen LogP contribution in [0.3, 0.4) is 0 Å². The predicted molar refractivity (Wildman–Crippen MR) is 145 cm³/mol. The van der Waals surface area contributed by atoms with Crippen molar-refractivity contribution in [2.45, 2.75) is 25.2 Å². The molecule has 1 fully saturated rings. The molecule has 0 N–H and O–H groups in total. The third-order valence-corrected chi connectivity index (χ3v) is 7.60. The Morgan fingerprint density at radius 3 is 2.24 bits per heavy atom. The van der Waals surface area contributed by atoms with Crippen molar-refractivity contribution in [2.75, 3.05) is 7.11 Å². The molecule has 186 valence electrons. The minimum absolute atomic E-state index is 0.287. The molecule has 1 saturated carbocycles. The fourth-order valence-corrected chi connectivity index (χ4v) is 5.26. The van der Waals surface area contributed by atoms with Gasteiger partial charge in [0, 0.05) is 21.2 Å². The molecule has 2 aromatic heterocycles. The zero-order chi connectivity index (χ0) is 25.7. The Balaban J connectivity index is 1.47. The summed E-state index contributed by atoms with van der Waals surface area (Å²) in [6, 6.07) is 20.9. The lowest BCUT2D eigenvalue weighted by molar-refractivity contribution is 0.415. The van der Waals surface area contributed by atoms with E-state index in [2.05, 4.69) is 10.2 Å². The third kappa shape index (κ3) is 4.19. The summed E-state index contributed by atoms with van der Waals surface area (Å²) in [5.41, 5.74) is 4.75. The highest BCUT2D eigenvalue weighted by Crippen LogP contribution is 2.53. The number of halogens is 3. The fraction of sp³-hybridized carbons (Fsp3) is 0.179. The largest absolute Gasteiger partial charge is 0.497 e. The molecule has 6 rings (SSSR count). The molecule has 0 spiro atoms. The molecule has 1 aliphatic rings. The van der Waals surface area contributed by atoms with Crippen molar-refractivity contribution in [2.24, 2.45) is 0 Å². The predicted octanol–water partition coefficient (Wildman–Crippen LogP) is 7.95. The molecule has 0 unspecified atom stereocenters. The van der Waals surface area contributed by atoms with Crippen molar-refractivity contribution >= 4 is 34.8 Å². The number of aromatic nitrogens is 4. The van der Waals surface area contributed by atoms with Crippen molar-refractivity contribution in [1.29, 1.82) is 0 Å². The first-order valence-electron chi connectivity index (χ1n) is 11.7. The number of methoxy groups -OCH3 is 1. The second-order valence-corrected chi connectivity index (χ2v) is 10.3. The molecular weight excluding hydrogens is 531 g/mol. The molecule has 6 nitrogen and oxygen atoms in total. The molecule has 2 heterocycles. The SMILES string of the molecule is COc1ccc(-c2c(C)c(-c3nnc(C4(c5ccc(Cl)cc5)CC4)o3)nn2-c2ccc(Cl)cc2Cl)cc1. The Labute approximate surface area is 228 Å². The van der Waals surface area contributed by atoms with Gasteiger partial charge in [-0.3, -0.25) is 0 Å². The maximum absolute atomic E-state index is 6.60. The summed E-state index contributed by atoms with van der Waals surface area (Å²) in [5.74, 6) is 1.69. The quantitative estimate of drug-likeness (QED) is 0.214. The van der Waals surface area contributed by atoms with Crippen LogP contribution in [0.25, 0.3) is 28.5 Å². The highest BCUT2D eigenvalue weighted by molar-refractivity contribution is 6.35. The van der Waals surface area contributed by atoms with Crippen LogP contribution < -0.4 is 4.74 Å². The van der Waals surface area contributed by atoms with Crippen molar-refractivity contribution in [1.82, 2.24) is 20.0 Å². The van der Waals surface area contributed by atoms with Gasteiger partial charge in [0.15, 0.2) is 5.69 Å². The Hall–Kier alpha value is -3.32. The van der Waals surface area contributed by atoms with E-state index in [1.807, 2.05) is 61.5 Å². The van der Waals surface area contributed by atoms with Crippen LogP contribution in [-0.4, -0.2) is 27.1 Å². The Bertz CT molecular complexity index is 1600. The smallest absolute Gasteiger partial charge is 0.268 e. The zero-order valence-corrected chi connectivity index (χ0v) is 22.3. The molecule has 9 heteroatoms. The van der Waals surface area contributed by atoms with Crippen molar-refractivity contribution in [3.63, 3.8) is 0 Å². The maximum Gasteiger partial charge on any atom is 0.268 e. The molecule has 3 aromatic carbocycles. The van der Waals surface area contributed by atoms with E-state index in [0.29, 0.717) is 38.2 Å². The Morgan fingerprint density at radius 2 is 1.59 bits per heavy atom. The Kier molecular flexibility index (Phi) is 5.98. The van der Waals surface area contributed by atoms with E-state index in [1.165, 1.54) is 0 Å². The van der Waals surface area contributed by atoms with Crippen LogP contribution >= 0.6 is 34.8 Å². The molecule has 0 bridgehead atoms. The van der Waals surface area contributed by atoms with E-state index in [1.54, 1.807) is 23.9 Å². The van der Waals surface area contributed by atoms with E-state index >= 15 is 0 Å². The van der Waals surface area contributed by atoms with Crippen LogP contribution in [0.4, 0.5) is 0 Å². The Morgan fingerprint density at radius 1 is 0.892 bits per heavy atom. The zero-order valence-electron chi connectivity index (χ0n) is 20.0. The number of nitrogens with zero attached hydrogens (tertiary/aromatic N) is 4. The average molecular weight is 552 g/mol. The summed E-state index contributed by atoms with van der Waals surface area (Å²) in [6.45, 7) is 1.98. The standard InChI is InChI=1S/C28H21Cl3N4O2/c1-16-24(26-32-33-27(37-26)28(13-14-28)18-5-7-19(29)8-6-18)34-35(23-12-9-20(30)15-22(23)31)25(16)17-3-10-21(36-2)11-4-17/h3-12,15H,13-14H2,1-2H3. The van der Waals surface area contributed by atoms with Crippen molar-refractivity contribution < 1.29 is 9.15 Å². The molecule has 0 atom stereocenters. The highest BCUT2D eigenvalue weighted by Gasteiger charge is 2.51. The highest BCUT2D eigenvalue weighted by atomic mass is 35.5. The van der Waals surface area contributed by atoms with Crippen molar-refractivity contribution in [3.05, 3.63) is 98.8 Å². The van der Waals surface area contributed by atoms with Crippen LogP contribution in [0.15, 0.2) is 71.1 Å². The van der Waals surface area contributed by atoms with Gasteiger partial charge >= 0.3 is 0 Å². The van der Waals surface area contributed by atoms with E-state index in [9.17, 15) is 0 Å². The molecule has 1 aliphatic carbocycles. The second-order valence-electron chi connectivity index (χ2n) is 9.06. The average Bonchev–Trinajstić information content (AvgIpc) is 3.43. The maximum atomic E-state index is 6.60. The summed E-state index contributed by atoms with van der Waals surface area (Å²) >= 11 is 18.9. The van der Waals surface area contributed by atoms with Gasteiger partial charge < -0.3 is 9.15 Å². The van der Waals surface area contributed by atoms with Gasteiger partial charge in [-0.25, -0.2) is 4.68 Å². The molecule has 0 radical (unpaired) electrons. The van der Waals surface area contributed by atoms with Gasteiger partial charge in [0.25, 0.3) is 5.89 Å². The number of ether oxygens (including phenoxy) is 1. The van der Waals surface area contributed by atoms with Gasteiger partial charge in [-0.15, -0.1) is 10.2 Å². The van der Waals surface area contributed by atoms with Gasteiger partial charge in [0.1, 0.15) is 5.75 Å². The summed E-state index contributed by atoms with van der Waals surface area (Å²) in [4.78, 5) is 0. The topological polar surface area (TPSA) is 66.0 Å². The molecule has 37 heavy (non-hydrogen) atoms. The summed E-state index contributed by atoms with van der Waals surface area (Å²) in [5, 5.41) is 15.5. The van der Waals surface area contributed by atoms with Gasteiger partial charge in [0.05, 0.1) is 28.9 Å². The number of hydrogen-bond acceptors (Lipinski definition) is 5. The van der Waals surface area contributed by atoms with Gasteiger partial charge in [-0.05, 0) is 79.9 Å². The minimum Gasteiger partial charge on any atom is -0.497 e. The van der Waals surface area contributed by atoms with Crippen LogP contribution in [0.2, 0.25) is 15.1 Å². The lowest BCUT2D eigenvalue weighted by atomic mass is 9.96. The number of benzene rings is 3. The van der Waals surface area contributed by atoms with Crippen LogP contribution in [0.5, 0.6) is 5.75 Å². The first-order valence-corrected chi connectivity index (χ1v) is 12.8. The van der Waals surface area contributed by atoms with Crippen LogP contribution in [0.1, 0.15) is 29.9 Å². The third-order valence-electron chi connectivity index (χ3n) is 6.81. The summed E-state index contributed by atoms with van der Waals surface area (Å²) in [6.07, 6.45) is 1.86. The second kappa shape index (κ2) is 9.21. The molecule has 0 amide bonds. The van der Waals surface area contributed by atoms with Crippen LogP contribution in [0, 0.1) is 6.92 Å². The lowest BCUT2D eigenvalue weighted by Crippen LogP contribution is -2.08. The fourth-order valence-electron chi connectivity index (χ4n) is 4.65. The summed E-state index contributed by atoms with van der Waals surface area (Å²) < 4.78 is 13.4. The molecule has 0 saturated heterocycles. The minimum atomic E-state index is -0.287. The number of hydrogen-bond donors (Lipinski definition) is 0. The normalized spacial score (nSPS) is 14.1. The summed E-state index contributed by atoms with van der Waals surface area (Å²) in [7, 11) is 1.64. The van der Waals surface area contributed by atoms with E-state index in [4.69, 9.17) is 49.1 Å². The monoisotopic (exact) mass is 550 g/mol. The first kappa shape index (κ1) is 24.0. The van der Waals surface area contributed by atoms with Crippen LogP contribution in [-0.2, 0) is 5.41 Å². The van der Waals surface area contributed by atoms with Gasteiger partial charge in [-0.1, -0.05) is 46.9 Å². The lowest BCUT2D eigenvalue weighted by Gasteiger charge is -2.11. The number of rotatable bonds is 6.